The minimum atomic E-state index is -0.106. The molecule has 1 amide bonds. The maximum atomic E-state index is 12.0. The maximum absolute atomic E-state index is 12.0. The Hall–Kier alpha value is -1.92. The summed E-state index contributed by atoms with van der Waals surface area (Å²) in [6, 6.07) is 4.08. The van der Waals surface area contributed by atoms with Crippen molar-refractivity contribution < 1.29 is 9.21 Å². The fraction of sp³-hybridized carbons (Fsp3) is 0.412. The number of carbonyl (C=O) groups excluding carboxylic acids is 1. The lowest BCUT2D eigenvalue weighted by atomic mass is 10.2. The van der Waals surface area contributed by atoms with Crippen LogP contribution in [0.15, 0.2) is 33.5 Å². The highest BCUT2D eigenvalue weighted by Crippen LogP contribution is 2.26. The van der Waals surface area contributed by atoms with Gasteiger partial charge in [-0.25, -0.2) is 4.98 Å². The monoisotopic (exact) mass is 331 g/mol. The number of aryl methyl sites for hydroxylation is 1. The van der Waals surface area contributed by atoms with Gasteiger partial charge in [-0.05, 0) is 51.1 Å². The number of amides is 1. The van der Waals surface area contributed by atoms with Crippen LogP contribution in [0.2, 0.25) is 0 Å². The van der Waals surface area contributed by atoms with E-state index in [9.17, 15) is 4.79 Å². The van der Waals surface area contributed by atoms with Crippen molar-refractivity contribution in [1.29, 1.82) is 0 Å². The van der Waals surface area contributed by atoms with E-state index in [0.717, 1.165) is 30.3 Å². The van der Waals surface area contributed by atoms with Gasteiger partial charge in [-0.1, -0.05) is 0 Å². The quantitative estimate of drug-likeness (QED) is 0.827. The van der Waals surface area contributed by atoms with Gasteiger partial charge in [-0.15, -0.1) is 11.3 Å². The molecule has 0 unspecified atom stereocenters. The largest absolute Gasteiger partial charge is 0.465 e. The fourth-order valence-corrected chi connectivity index (χ4v) is 3.34. The van der Waals surface area contributed by atoms with Gasteiger partial charge < -0.3 is 9.73 Å². The minimum absolute atomic E-state index is 0.0998. The molecular formula is C17H21N3O2S. The van der Waals surface area contributed by atoms with Crippen molar-refractivity contribution in [1.82, 2.24) is 15.2 Å². The highest BCUT2D eigenvalue weighted by Gasteiger charge is 2.26. The fourth-order valence-electron chi connectivity index (χ4n) is 2.82. The third kappa shape index (κ3) is 4.30. The Labute approximate surface area is 140 Å². The molecule has 122 valence electrons. The lowest BCUT2D eigenvalue weighted by molar-refractivity contribution is -0.116. The molecule has 1 saturated heterocycles. The lowest BCUT2D eigenvalue weighted by Crippen LogP contribution is -2.36. The number of carbonyl (C=O) groups is 1. The molecule has 2 aromatic heterocycles. The summed E-state index contributed by atoms with van der Waals surface area (Å²) in [5.41, 5.74) is 2.56. The van der Waals surface area contributed by atoms with Crippen molar-refractivity contribution in [3.63, 3.8) is 0 Å². The summed E-state index contributed by atoms with van der Waals surface area (Å²) < 4.78 is 5.79. The molecule has 5 nitrogen and oxygen atoms in total. The van der Waals surface area contributed by atoms with Gasteiger partial charge in [0.2, 0.25) is 5.91 Å². The molecule has 0 aromatic carbocycles. The summed E-state index contributed by atoms with van der Waals surface area (Å²) in [7, 11) is 0. The van der Waals surface area contributed by atoms with Gasteiger partial charge in [0.05, 0.1) is 17.2 Å². The van der Waals surface area contributed by atoms with Crippen molar-refractivity contribution in [2.45, 2.75) is 25.8 Å². The van der Waals surface area contributed by atoms with Crippen LogP contribution in [-0.2, 0) is 4.79 Å². The van der Waals surface area contributed by atoms with Crippen molar-refractivity contribution in [2.24, 2.45) is 0 Å². The molecule has 1 aliphatic rings. The van der Waals surface area contributed by atoms with Crippen LogP contribution in [0.3, 0.4) is 0 Å². The van der Waals surface area contributed by atoms with Gasteiger partial charge in [0, 0.05) is 18.0 Å². The minimum Gasteiger partial charge on any atom is -0.465 e. The van der Waals surface area contributed by atoms with E-state index in [0.29, 0.717) is 6.54 Å². The molecule has 0 saturated carbocycles. The smallest absolute Gasteiger partial charge is 0.244 e. The van der Waals surface area contributed by atoms with Crippen LogP contribution < -0.4 is 5.32 Å². The first-order valence-corrected chi connectivity index (χ1v) is 8.81. The second-order valence-electron chi connectivity index (χ2n) is 5.70. The molecule has 3 rings (SSSR count). The summed E-state index contributed by atoms with van der Waals surface area (Å²) in [6.45, 7) is 4.59. The molecule has 1 N–H and O–H groups in total. The maximum Gasteiger partial charge on any atom is 0.244 e. The predicted molar refractivity (Wildman–Crippen MR) is 91.2 cm³/mol. The average molecular weight is 331 g/mol. The standard InChI is InChI=1S/C17H21N3O2S/c1-13-4-6-16(22-13)15(20-8-2-3-9-20)10-18-17(21)7-5-14-11-23-12-19-14/h4-7,11-12,15H,2-3,8-10H2,1H3,(H,18,21)/b7-5+/t15-/m0/s1. The van der Waals surface area contributed by atoms with Crippen LogP contribution in [0.25, 0.3) is 6.08 Å². The van der Waals surface area contributed by atoms with Crippen LogP contribution in [-0.4, -0.2) is 35.4 Å². The van der Waals surface area contributed by atoms with Crippen molar-refractivity contribution in [3.8, 4) is 0 Å². The van der Waals surface area contributed by atoms with Gasteiger partial charge in [0.25, 0.3) is 0 Å². The molecule has 0 radical (unpaired) electrons. The molecule has 0 aliphatic carbocycles. The van der Waals surface area contributed by atoms with Crippen LogP contribution in [0.4, 0.5) is 0 Å². The number of nitrogens with zero attached hydrogens (tertiary/aromatic N) is 2. The SMILES string of the molecule is Cc1ccc([C@H](CNC(=O)/C=C/c2cscn2)N2CCCC2)o1. The topological polar surface area (TPSA) is 58.4 Å². The number of thiazole rings is 1. The molecule has 3 heterocycles. The molecule has 6 heteroatoms. The average Bonchev–Trinajstić information content (AvgIpc) is 3.28. The number of hydrogen-bond acceptors (Lipinski definition) is 5. The molecule has 0 bridgehead atoms. The number of hydrogen-bond donors (Lipinski definition) is 1. The van der Waals surface area contributed by atoms with Gasteiger partial charge in [-0.3, -0.25) is 9.69 Å². The Kier molecular flexibility index (Phi) is 5.25. The van der Waals surface area contributed by atoms with Gasteiger partial charge >= 0.3 is 0 Å². The van der Waals surface area contributed by atoms with Crippen molar-refractivity contribution in [3.05, 3.63) is 46.3 Å². The van der Waals surface area contributed by atoms with E-state index in [1.807, 2.05) is 24.4 Å². The summed E-state index contributed by atoms with van der Waals surface area (Å²) in [5, 5.41) is 4.88. The highest BCUT2D eigenvalue weighted by molar-refractivity contribution is 7.07. The Balaban J connectivity index is 1.61. The summed E-state index contributed by atoms with van der Waals surface area (Å²) in [5.74, 6) is 1.72. The highest BCUT2D eigenvalue weighted by atomic mass is 32.1. The van der Waals surface area contributed by atoms with E-state index in [4.69, 9.17) is 4.42 Å². The normalized spacial score (nSPS) is 16.9. The van der Waals surface area contributed by atoms with Gasteiger partial charge in [0.15, 0.2) is 0 Å². The Morgan fingerprint density at radius 2 is 2.30 bits per heavy atom. The molecular weight excluding hydrogens is 310 g/mol. The summed E-state index contributed by atoms with van der Waals surface area (Å²) in [4.78, 5) is 18.5. The summed E-state index contributed by atoms with van der Waals surface area (Å²) in [6.07, 6.45) is 5.67. The molecule has 2 aromatic rings. The first-order valence-electron chi connectivity index (χ1n) is 7.87. The number of rotatable bonds is 6. The predicted octanol–water partition coefficient (Wildman–Crippen LogP) is 3.01. The third-order valence-corrected chi connectivity index (χ3v) is 4.60. The number of furan rings is 1. The third-order valence-electron chi connectivity index (χ3n) is 4.00. The first-order chi connectivity index (χ1) is 11.2. The number of nitrogens with one attached hydrogen (secondary N) is 1. The lowest BCUT2D eigenvalue weighted by Gasteiger charge is -2.25. The molecule has 23 heavy (non-hydrogen) atoms. The molecule has 1 atom stereocenters. The Morgan fingerprint density at radius 1 is 1.48 bits per heavy atom. The van der Waals surface area contributed by atoms with E-state index < -0.39 is 0 Å². The summed E-state index contributed by atoms with van der Waals surface area (Å²) >= 11 is 1.51. The Bertz CT molecular complexity index is 657. The van der Waals surface area contributed by atoms with Crippen molar-refractivity contribution in [2.75, 3.05) is 19.6 Å². The zero-order valence-electron chi connectivity index (χ0n) is 13.2. The van der Waals surface area contributed by atoms with Crippen LogP contribution in [0.5, 0.6) is 0 Å². The Morgan fingerprint density at radius 3 is 2.96 bits per heavy atom. The first kappa shape index (κ1) is 16.0. The van der Waals surface area contributed by atoms with E-state index in [1.54, 1.807) is 11.6 Å². The number of likely N-dealkylation sites (tertiary alicyclic amines) is 1. The van der Waals surface area contributed by atoms with Gasteiger partial charge in [0.1, 0.15) is 11.5 Å². The van der Waals surface area contributed by atoms with Crippen LogP contribution in [0.1, 0.15) is 36.1 Å². The van der Waals surface area contributed by atoms with E-state index in [2.05, 4.69) is 15.2 Å². The van der Waals surface area contributed by atoms with Crippen LogP contribution >= 0.6 is 11.3 Å². The number of aromatic nitrogens is 1. The van der Waals surface area contributed by atoms with E-state index >= 15 is 0 Å². The molecule has 1 fully saturated rings. The zero-order valence-corrected chi connectivity index (χ0v) is 14.0. The van der Waals surface area contributed by atoms with E-state index in [1.165, 1.54) is 30.3 Å². The van der Waals surface area contributed by atoms with Crippen molar-refractivity contribution >= 4 is 23.3 Å². The zero-order chi connectivity index (χ0) is 16.1. The molecule has 1 aliphatic heterocycles. The van der Waals surface area contributed by atoms with E-state index in [-0.39, 0.29) is 11.9 Å². The second-order valence-corrected chi connectivity index (χ2v) is 6.42. The second kappa shape index (κ2) is 7.57. The molecule has 0 spiro atoms. The van der Waals surface area contributed by atoms with Crippen LogP contribution in [0, 0.1) is 6.92 Å². The van der Waals surface area contributed by atoms with Gasteiger partial charge in [-0.2, -0.15) is 0 Å².